The van der Waals surface area contributed by atoms with Gasteiger partial charge in [0, 0.05) is 29.4 Å². The number of H-pyrrole nitrogens is 1. The second-order valence-electron chi connectivity index (χ2n) is 8.70. The van der Waals surface area contributed by atoms with E-state index in [9.17, 15) is 14.3 Å². The number of aromatic amines is 1. The van der Waals surface area contributed by atoms with Crippen molar-refractivity contribution in [3.8, 4) is 5.75 Å². The molecule has 5 rings (SSSR count). The van der Waals surface area contributed by atoms with Gasteiger partial charge in [-0.3, -0.25) is 5.10 Å². The molecule has 0 saturated heterocycles. The van der Waals surface area contributed by atoms with Crippen molar-refractivity contribution >= 4 is 39.6 Å². The molecule has 0 atom stereocenters. The highest BCUT2D eigenvalue weighted by molar-refractivity contribution is 5.96. The Bertz CT molecular complexity index is 1360. The van der Waals surface area contributed by atoms with Gasteiger partial charge in [0.25, 0.3) is 0 Å². The van der Waals surface area contributed by atoms with E-state index in [0.717, 1.165) is 33.7 Å². The molecule has 0 saturated carbocycles. The van der Waals surface area contributed by atoms with Crippen LogP contribution in [-0.2, 0) is 0 Å². The number of rotatable bonds is 4. The maximum absolute atomic E-state index is 14.2. The van der Waals surface area contributed by atoms with Crippen molar-refractivity contribution in [2.45, 2.75) is 19.4 Å². The molecular formula is C25H23FN4O3. The van der Waals surface area contributed by atoms with Gasteiger partial charge in [0.2, 0.25) is 0 Å². The van der Waals surface area contributed by atoms with Crippen LogP contribution >= 0.6 is 0 Å². The highest BCUT2D eigenvalue weighted by Crippen LogP contribution is 2.48. The van der Waals surface area contributed by atoms with Crippen LogP contribution in [0.1, 0.15) is 24.2 Å². The number of fused-ring (bicyclic) bond motifs is 2. The molecule has 4 aromatic rings. The third-order valence-electron chi connectivity index (χ3n) is 6.04. The zero-order valence-corrected chi connectivity index (χ0v) is 18.5. The van der Waals surface area contributed by atoms with E-state index < -0.39 is 17.3 Å². The van der Waals surface area contributed by atoms with E-state index in [4.69, 9.17) is 4.74 Å². The summed E-state index contributed by atoms with van der Waals surface area (Å²) in [4.78, 5) is 15.7. The molecular weight excluding hydrogens is 423 g/mol. The molecule has 33 heavy (non-hydrogen) atoms. The van der Waals surface area contributed by atoms with E-state index in [2.05, 4.69) is 39.9 Å². The number of nitrogens with one attached hydrogen (secondary N) is 1. The Morgan fingerprint density at radius 2 is 1.82 bits per heavy atom. The maximum atomic E-state index is 14.2. The van der Waals surface area contributed by atoms with Gasteiger partial charge >= 0.3 is 5.97 Å². The van der Waals surface area contributed by atoms with Gasteiger partial charge in [-0.15, -0.1) is 0 Å². The molecule has 0 radical (unpaired) electrons. The van der Waals surface area contributed by atoms with Crippen LogP contribution in [0.2, 0.25) is 0 Å². The first kappa shape index (κ1) is 20.8. The second-order valence-corrected chi connectivity index (χ2v) is 8.70. The number of carboxylic acids is 1. The monoisotopic (exact) mass is 446 g/mol. The normalized spacial score (nSPS) is 14.9. The molecule has 0 aliphatic carbocycles. The van der Waals surface area contributed by atoms with Crippen molar-refractivity contribution in [1.29, 1.82) is 0 Å². The number of methoxy groups -OCH3 is 1. The predicted molar refractivity (Wildman–Crippen MR) is 126 cm³/mol. The van der Waals surface area contributed by atoms with E-state index in [1.54, 1.807) is 30.5 Å². The van der Waals surface area contributed by atoms with Crippen molar-refractivity contribution in [2.24, 2.45) is 0 Å². The summed E-state index contributed by atoms with van der Waals surface area (Å²) in [7, 11) is 1.45. The van der Waals surface area contributed by atoms with Crippen molar-refractivity contribution in [3.63, 3.8) is 0 Å². The Morgan fingerprint density at radius 3 is 2.52 bits per heavy atom. The van der Waals surface area contributed by atoms with Crippen LogP contribution in [-0.4, -0.2) is 40.5 Å². The summed E-state index contributed by atoms with van der Waals surface area (Å²) in [5.74, 6) is -1.20. The van der Waals surface area contributed by atoms with Crippen LogP contribution in [0.3, 0.4) is 0 Å². The molecule has 0 fully saturated rings. The van der Waals surface area contributed by atoms with Gasteiger partial charge in [-0.2, -0.15) is 5.10 Å². The number of halogens is 1. The lowest BCUT2D eigenvalue weighted by Gasteiger charge is -2.50. The molecule has 1 aliphatic heterocycles. The van der Waals surface area contributed by atoms with Gasteiger partial charge in [0.15, 0.2) is 11.6 Å². The molecule has 8 heteroatoms. The molecule has 2 heterocycles. The Morgan fingerprint density at radius 1 is 1.09 bits per heavy atom. The summed E-state index contributed by atoms with van der Waals surface area (Å²) in [6, 6.07) is 15.8. The van der Waals surface area contributed by atoms with Crippen LogP contribution < -0.4 is 14.5 Å². The van der Waals surface area contributed by atoms with Gasteiger partial charge in [0.05, 0.1) is 41.3 Å². The Hall–Kier alpha value is -4.07. The Kier molecular flexibility index (Phi) is 4.74. The summed E-state index contributed by atoms with van der Waals surface area (Å²) >= 11 is 0. The molecule has 3 aromatic carbocycles. The Labute approximate surface area is 190 Å². The average molecular weight is 446 g/mol. The zero-order chi connectivity index (χ0) is 23.3. The summed E-state index contributed by atoms with van der Waals surface area (Å²) < 4.78 is 19.4. The topological polar surface area (TPSA) is 81.7 Å². The summed E-state index contributed by atoms with van der Waals surface area (Å²) in [5.41, 5.74) is 4.26. The van der Waals surface area contributed by atoms with Crippen LogP contribution in [0, 0.1) is 5.82 Å². The van der Waals surface area contributed by atoms with E-state index in [1.807, 2.05) is 18.2 Å². The zero-order valence-electron chi connectivity index (χ0n) is 18.5. The number of aromatic carboxylic acids is 1. The molecule has 2 N–H and O–H groups in total. The second kappa shape index (κ2) is 7.51. The number of anilines is 4. The summed E-state index contributed by atoms with van der Waals surface area (Å²) in [5, 5.41) is 17.4. The largest absolute Gasteiger partial charge is 0.494 e. The fraction of sp³-hybridized carbons (Fsp3) is 0.200. The third-order valence-corrected chi connectivity index (χ3v) is 6.04. The number of hydrogen-bond acceptors (Lipinski definition) is 5. The molecule has 0 unspecified atom stereocenters. The highest BCUT2D eigenvalue weighted by Gasteiger charge is 2.39. The van der Waals surface area contributed by atoms with E-state index in [-0.39, 0.29) is 11.3 Å². The first-order valence-corrected chi connectivity index (χ1v) is 10.5. The minimum absolute atomic E-state index is 0.181. The number of carboxylic acid groups (broad SMARTS) is 1. The lowest BCUT2D eigenvalue weighted by atomic mass is 9.93. The molecule has 1 aliphatic rings. The van der Waals surface area contributed by atoms with E-state index in [1.165, 1.54) is 13.2 Å². The van der Waals surface area contributed by atoms with Crippen molar-refractivity contribution < 1.29 is 19.0 Å². The fourth-order valence-electron chi connectivity index (χ4n) is 4.52. The average Bonchev–Trinajstić information content (AvgIpc) is 3.25. The van der Waals surface area contributed by atoms with Crippen molar-refractivity contribution in [2.75, 3.05) is 23.5 Å². The first-order chi connectivity index (χ1) is 15.8. The lowest BCUT2D eigenvalue weighted by molar-refractivity contribution is 0.0697. The van der Waals surface area contributed by atoms with Gasteiger partial charge in [-0.1, -0.05) is 0 Å². The lowest BCUT2D eigenvalue weighted by Crippen LogP contribution is -2.52. The van der Waals surface area contributed by atoms with Gasteiger partial charge in [-0.05, 0) is 62.4 Å². The van der Waals surface area contributed by atoms with Crippen molar-refractivity contribution in [1.82, 2.24) is 10.2 Å². The minimum Gasteiger partial charge on any atom is -0.494 e. The predicted octanol–water partition coefficient (Wildman–Crippen LogP) is 5.48. The number of hydrogen-bond donors (Lipinski definition) is 2. The third kappa shape index (κ3) is 3.44. The SMILES string of the molecule is COc1cc(N2c3cc4cn[nH]c4cc3N(c3ccc(C(=O)O)cc3)CC2(C)C)ccc1F. The highest BCUT2D eigenvalue weighted by atomic mass is 19.1. The quantitative estimate of drug-likeness (QED) is 0.432. The first-order valence-electron chi connectivity index (χ1n) is 10.5. The van der Waals surface area contributed by atoms with Gasteiger partial charge in [-0.25, -0.2) is 9.18 Å². The number of nitrogens with zero attached hydrogens (tertiary/aromatic N) is 3. The minimum atomic E-state index is -0.962. The van der Waals surface area contributed by atoms with Crippen LogP contribution in [0.15, 0.2) is 60.8 Å². The molecule has 168 valence electrons. The van der Waals surface area contributed by atoms with Crippen LogP contribution in [0.5, 0.6) is 5.75 Å². The Balaban J connectivity index is 1.71. The number of aromatic nitrogens is 2. The standard InChI is InChI=1S/C25H23FN4O3/c1-25(2)14-29(17-6-4-15(5-7-17)24(31)32)21-12-20-16(13-27-28-20)10-22(21)30(25)18-8-9-19(26)23(11-18)33-3/h4-13H,14H2,1-3H3,(H,27,28)(H,31,32). The molecule has 0 bridgehead atoms. The number of benzene rings is 3. The van der Waals surface area contributed by atoms with Crippen LogP contribution in [0.25, 0.3) is 10.9 Å². The molecule has 1 aromatic heterocycles. The van der Waals surface area contributed by atoms with Gasteiger partial charge < -0.3 is 19.6 Å². The van der Waals surface area contributed by atoms with E-state index in [0.29, 0.717) is 6.54 Å². The smallest absolute Gasteiger partial charge is 0.335 e. The maximum Gasteiger partial charge on any atom is 0.335 e. The fourth-order valence-corrected chi connectivity index (χ4v) is 4.52. The number of carbonyl (C=O) groups is 1. The van der Waals surface area contributed by atoms with Crippen LogP contribution in [0.4, 0.5) is 27.1 Å². The molecule has 0 amide bonds. The molecule has 0 spiro atoms. The number of ether oxygens (including phenoxy) is 1. The summed E-state index contributed by atoms with van der Waals surface area (Å²) in [6.07, 6.45) is 1.77. The molecule has 7 nitrogen and oxygen atoms in total. The van der Waals surface area contributed by atoms with E-state index >= 15 is 0 Å². The van der Waals surface area contributed by atoms with Crippen molar-refractivity contribution in [3.05, 3.63) is 72.2 Å². The van der Waals surface area contributed by atoms with Gasteiger partial charge in [0.1, 0.15) is 0 Å². The summed E-state index contributed by atoms with van der Waals surface area (Å²) in [6.45, 7) is 4.83.